The lowest BCUT2D eigenvalue weighted by molar-refractivity contribution is 0.166. The van der Waals surface area contributed by atoms with Gasteiger partial charge in [0.15, 0.2) is 0 Å². The van der Waals surface area contributed by atoms with Crippen LogP contribution in [-0.2, 0) is 4.74 Å². The Morgan fingerprint density at radius 3 is 3.17 bits per heavy atom. The molecule has 1 amide bonds. The van der Waals surface area contributed by atoms with E-state index in [9.17, 15) is 4.79 Å². The molecule has 66 valence electrons. The number of cyclic esters (lactones) is 1. The zero-order valence-electron chi connectivity index (χ0n) is 7.25. The Morgan fingerprint density at radius 2 is 2.58 bits per heavy atom. The van der Waals surface area contributed by atoms with Gasteiger partial charge in [0, 0.05) is 0 Å². The van der Waals surface area contributed by atoms with Gasteiger partial charge in [0.25, 0.3) is 0 Å². The molecule has 1 aliphatic rings. The number of carbonyl (C=O) groups excluding carboxylic acids is 1. The maximum atomic E-state index is 10.9. The topological polar surface area (TPSA) is 29.5 Å². The first-order valence-corrected chi connectivity index (χ1v) is 4.19. The van der Waals surface area contributed by atoms with Gasteiger partial charge in [-0.15, -0.1) is 5.73 Å². The molecule has 0 bridgehead atoms. The minimum absolute atomic E-state index is 0.271. The molecule has 1 heterocycles. The van der Waals surface area contributed by atoms with Gasteiger partial charge in [0.1, 0.15) is 6.61 Å². The van der Waals surface area contributed by atoms with Crippen molar-refractivity contribution < 1.29 is 9.53 Å². The highest BCUT2D eigenvalue weighted by molar-refractivity contribution is 5.70. The van der Waals surface area contributed by atoms with Crippen LogP contribution in [0.1, 0.15) is 19.8 Å². The zero-order chi connectivity index (χ0) is 8.81. The SMILES string of the molecule is CCCC=C=CN1CCOC1=O. The molecule has 0 aromatic carbocycles. The molecule has 0 spiro atoms. The van der Waals surface area contributed by atoms with E-state index in [0.717, 1.165) is 12.8 Å². The lowest BCUT2D eigenvalue weighted by Crippen LogP contribution is -2.16. The van der Waals surface area contributed by atoms with Crippen LogP contribution in [0.2, 0.25) is 0 Å². The number of hydrogen-bond donors (Lipinski definition) is 0. The molecule has 0 aliphatic carbocycles. The van der Waals surface area contributed by atoms with Crippen LogP contribution in [0.3, 0.4) is 0 Å². The summed E-state index contributed by atoms with van der Waals surface area (Å²) in [6.07, 6.45) is 5.40. The number of rotatable bonds is 3. The van der Waals surface area contributed by atoms with Gasteiger partial charge in [-0.25, -0.2) is 4.79 Å². The Labute approximate surface area is 72.3 Å². The molecule has 0 atom stereocenters. The van der Waals surface area contributed by atoms with E-state index in [4.69, 9.17) is 4.74 Å². The Kier molecular flexibility index (Phi) is 3.42. The Balaban J connectivity index is 2.39. The normalized spacial score (nSPS) is 15.4. The van der Waals surface area contributed by atoms with E-state index in [1.807, 2.05) is 6.08 Å². The lowest BCUT2D eigenvalue weighted by atomic mass is 10.3. The second-order valence-corrected chi connectivity index (χ2v) is 2.60. The Bertz CT molecular complexity index is 217. The minimum atomic E-state index is -0.271. The van der Waals surface area contributed by atoms with E-state index in [-0.39, 0.29) is 6.09 Å². The number of ether oxygens (including phenoxy) is 1. The first-order valence-electron chi connectivity index (χ1n) is 4.19. The van der Waals surface area contributed by atoms with E-state index < -0.39 is 0 Å². The summed E-state index contributed by atoms with van der Waals surface area (Å²) in [4.78, 5) is 12.4. The monoisotopic (exact) mass is 167 g/mol. The van der Waals surface area contributed by atoms with Crippen molar-refractivity contribution in [3.05, 3.63) is 18.0 Å². The molecule has 1 saturated heterocycles. The van der Waals surface area contributed by atoms with Gasteiger partial charge < -0.3 is 4.74 Å². The van der Waals surface area contributed by atoms with Crippen LogP contribution >= 0.6 is 0 Å². The fraction of sp³-hybridized carbons (Fsp3) is 0.556. The quantitative estimate of drug-likeness (QED) is 0.601. The number of hydrogen-bond acceptors (Lipinski definition) is 2. The smallest absolute Gasteiger partial charge is 0.414 e. The van der Waals surface area contributed by atoms with Gasteiger partial charge in [0.2, 0.25) is 0 Å². The van der Waals surface area contributed by atoms with Crippen molar-refractivity contribution in [2.75, 3.05) is 13.2 Å². The van der Waals surface area contributed by atoms with Gasteiger partial charge in [-0.3, -0.25) is 4.90 Å². The minimum Gasteiger partial charge on any atom is -0.447 e. The summed E-state index contributed by atoms with van der Waals surface area (Å²) in [5.74, 6) is 0. The third-order valence-corrected chi connectivity index (χ3v) is 1.57. The van der Waals surface area contributed by atoms with Gasteiger partial charge in [-0.1, -0.05) is 13.3 Å². The maximum absolute atomic E-state index is 10.9. The van der Waals surface area contributed by atoms with E-state index in [1.54, 1.807) is 6.20 Å². The molecule has 0 unspecified atom stereocenters. The summed E-state index contributed by atoms with van der Waals surface area (Å²) < 4.78 is 4.72. The van der Waals surface area contributed by atoms with E-state index in [2.05, 4.69) is 12.7 Å². The Morgan fingerprint density at radius 1 is 1.75 bits per heavy atom. The molecule has 3 nitrogen and oxygen atoms in total. The van der Waals surface area contributed by atoms with Crippen LogP contribution in [0.25, 0.3) is 0 Å². The lowest BCUT2D eigenvalue weighted by Gasteiger charge is -2.01. The molecule has 0 aromatic heterocycles. The molecule has 3 heteroatoms. The number of allylic oxidation sites excluding steroid dienone is 1. The van der Waals surface area contributed by atoms with Gasteiger partial charge >= 0.3 is 6.09 Å². The average molecular weight is 167 g/mol. The first kappa shape index (κ1) is 8.88. The standard InChI is InChI=1S/C9H13NO2/c1-2-3-4-5-6-10-7-8-12-9(10)11/h4,6H,2-3,7-8H2,1H3. The van der Waals surface area contributed by atoms with E-state index >= 15 is 0 Å². The van der Waals surface area contributed by atoms with Crippen LogP contribution in [-0.4, -0.2) is 24.1 Å². The predicted octanol–water partition coefficient (Wildman–Crippen LogP) is 1.91. The fourth-order valence-corrected chi connectivity index (χ4v) is 0.893. The molecular formula is C9H13NO2. The van der Waals surface area contributed by atoms with Crippen molar-refractivity contribution in [2.45, 2.75) is 19.8 Å². The van der Waals surface area contributed by atoms with Crippen LogP contribution in [0.15, 0.2) is 18.0 Å². The maximum Gasteiger partial charge on any atom is 0.414 e. The Hall–Kier alpha value is -1.21. The molecule has 1 aliphatic heterocycles. The molecule has 0 saturated carbocycles. The van der Waals surface area contributed by atoms with Crippen LogP contribution in [0, 0.1) is 0 Å². The highest BCUT2D eigenvalue weighted by atomic mass is 16.6. The summed E-state index contributed by atoms with van der Waals surface area (Å²) in [5.41, 5.74) is 2.93. The van der Waals surface area contributed by atoms with Crippen LogP contribution in [0.4, 0.5) is 4.79 Å². The van der Waals surface area contributed by atoms with Gasteiger partial charge in [-0.05, 0) is 12.5 Å². The molecule has 0 N–H and O–H groups in total. The fourth-order valence-electron chi connectivity index (χ4n) is 0.893. The van der Waals surface area contributed by atoms with Gasteiger partial charge in [-0.2, -0.15) is 0 Å². The zero-order valence-corrected chi connectivity index (χ0v) is 7.25. The van der Waals surface area contributed by atoms with E-state index in [1.165, 1.54) is 4.90 Å². The molecule has 1 fully saturated rings. The molecule has 1 rings (SSSR count). The molecular weight excluding hydrogens is 154 g/mol. The van der Waals surface area contributed by atoms with Crippen molar-refractivity contribution in [1.82, 2.24) is 4.90 Å². The van der Waals surface area contributed by atoms with Crippen LogP contribution in [0.5, 0.6) is 0 Å². The third-order valence-electron chi connectivity index (χ3n) is 1.57. The highest BCUT2D eigenvalue weighted by Gasteiger charge is 2.18. The summed E-state index contributed by atoms with van der Waals surface area (Å²) in [7, 11) is 0. The van der Waals surface area contributed by atoms with Crippen molar-refractivity contribution in [3.8, 4) is 0 Å². The second-order valence-electron chi connectivity index (χ2n) is 2.60. The predicted molar refractivity (Wildman–Crippen MR) is 45.6 cm³/mol. The van der Waals surface area contributed by atoms with Crippen molar-refractivity contribution in [1.29, 1.82) is 0 Å². The average Bonchev–Trinajstić information content (AvgIpc) is 2.46. The number of carbonyl (C=O) groups is 1. The summed E-state index contributed by atoms with van der Waals surface area (Å²) >= 11 is 0. The molecule has 12 heavy (non-hydrogen) atoms. The molecule has 0 aromatic rings. The first-order chi connectivity index (χ1) is 5.84. The number of amides is 1. The summed E-state index contributed by atoms with van der Waals surface area (Å²) in [6, 6.07) is 0. The van der Waals surface area contributed by atoms with Crippen molar-refractivity contribution in [2.24, 2.45) is 0 Å². The van der Waals surface area contributed by atoms with Crippen molar-refractivity contribution >= 4 is 6.09 Å². The second kappa shape index (κ2) is 4.62. The van der Waals surface area contributed by atoms with Gasteiger partial charge in [0.05, 0.1) is 12.7 Å². The molecule has 0 radical (unpaired) electrons. The summed E-state index contributed by atoms with van der Waals surface area (Å²) in [5, 5.41) is 0. The van der Waals surface area contributed by atoms with Crippen molar-refractivity contribution in [3.63, 3.8) is 0 Å². The largest absolute Gasteiger partial charge is 0.447 e. The van der Waals surface area contributed by atoms with E-state index in [0.29, 0.717) is 13.2 Å². The number of unbranched alkanes of at least 4 members (excludes halogenated alkanes) is 1. The van der Waals surface area contributed by atoms with Crippen LogP contribution < -0.4 is 0 Å². The third kappa shape index (κ3) is 2.44. The summed E-state index contributed by atoms with van der Waals surface area (Å²) in [6.45, 7) is 3.24. The highest BCUT2D eigenvalue weighted by Crippen LogP contribution is 2.02. The number of nitrogens with zero attached hydrogens (tertiary/aromatic N) is 1.